The molecule has 1 aliphatic rings. The van der Waals surface area contributed by atoms with Crippen LogP contribution in [0.1, 0.15) is 49.7 Å². The molecule has 23 heavy (non-hydrogen) atoms. The molecular weight excluding hydrogens is 294 g/mol. The van der Waals surface area contributed by atoms with Gasteiger partial charge in [-0.15, -0.1) is 0 Å². The zero-order chi connectivity index (χ0) is 16.1. The van der Waals surface area contributed by atoms with Gasteiger partial charge in [0.2, 0.25) is 5.89 Å². The van der Waals surface area contributed by atoms with Gasteiger partial charge < -0.3 is 19.0 Å². The third-order valence-electron chi connectivity index (χ3n) is 4.41. The van der Waals surface area contributed by atoms with Crippen molar-refractivity contribution in [3.05, 3.63) is 35.9 Å². The molecule has 126 valence electrons. The maximum absolute atomic E-state index is 5.49. The first-order chi connectivity index (χ1) is 11.2. The van der Waals surface area contributed by atoms with Crippen LogP contribution in [-0.2, 0) is 11.2 Å². The average molecular weight is 319 g/mol. The molecule has 2 unspecified atom stereocenters. The van der Waals surface area contributed by atoms with Gasteiger partial charge in [0, 0.05) is 25.7 Å². The molecule has 0 spiro atoms. The van der Waals surface area contributed by atoms with Crippen molar-refractivity contribution in [3.8, 4) is 0 Å². The SMILES string of the molecule is Cc1noc(C(NC(C)CCc2ccco2)C2CCOCC2)n1. The number of hydrogen-bond acceptors (Lipinski definition) is 6. The summed E-state index contributed by atoms with van der Waals surface area (Å²) < 4.78 is 16.3. The lowest BCUT2D eigenvalue weighted by Crippen LogP contribution is -2.37. The second kappa shape index (κ2) is 7.75. The van der Waals surface area contributed by atoms with Gasteiger partial charge in [0.1, 0.15) is 5.76 Å². The molecule has 2 atom stereocenters. The molecule has 0 aromatic carbocycles. The van der Waals surface area contributed by atoms with Crippen molar-refractivity contribution in [2.75, 3.05) is 13.2 Å². The molecule has 3 heterocycles. The highest BCUT2D eigenvalue weighted by molar-refractivity contribution is 5.00. The van der Waals surface area contributed by atoms with Crippen LogP contribution in [0.4, 0.5) is 0 Å². The first-order valence-corrected chi connectivity index (χ1v) is 8.39. The number of nitrogens with zero attached hydrogens (tertiary/aromatic N) is 2. The van der Waals surface area contributed by atoms with Crippen molar-refractivity contribution in [3.63, 3.8) is 0 Å². The van der Waals surface area contributed by atoms with Crippen molar-refractivity contribution >= 4 is 0 Å². The summed E-state index contributed by atoms with van der Waals surface area (Å²) in [4.78, 5) is 4.45. The highest BCUT2D eigenvalue weighted by Gasteiger charge is 2.30. The van der Waals surface area contributed by atoms with E-state index in [1.54, 1.807) is 6.26 Å². The Morgan fingerprint density at radius 2 is 2.17 bits per heavy atom. The number of nitrogens with one attached hydrogen (secondary N) is 1. The molecule has 2 aromatic heterocycles. The lowest BCUT2D eigenvalue weighted by atomic mass is 9.90. The predicted molar refractivity (Wildman–Crippen MR) is 84.9 cm³/mol. The van der Waals surface area contributed by atoms with Gasteiger partial charge in [-0.1, -0.05) is 5.16 Å². The molecule has 0 amide bonds. The maximum Gasteiger partial charge on any atom is 0.244 e. The second-order valence-electron chi connectivity index (χ2n) is 6.29. The molecule has 6 nitrogen and oxygen atoms in total. The first kappa shape index (κ1) is 16.2. The van der Waals surface area contributed by atoms with Crippen molar-refractivity contribution in [1.82, 2.24) is 15.5 Å². The summed E-state index contributed by atoms with van der Waals surface area (Å²) in [6.07, 6.45) is 5.68. The fraction of sp³-hybridized carbons (Fsp3) is 0.647. The minimum absolute atomic E-state index is 0.0895. The van der Waals surface area contributed by atoms with Gasteiger partial charge in [-0.05, 0) is 51.2 Å². The van der Waals surface area contributed by atoms with E-state index in [2.05, 4.69) is 22.4 Å². The Kier molecular flexibility index (Phi) is 5.46. The molecule has 2 aromatic rings. The topological polar surface area (TPSA) is 73.3 Å². The standard InChI is InChI=1S/C17H25N3O3/c1-12(5-6-15-4-3-9-22-15)18-16(14-7-10-21-11-8-14)17-19-13(2)20-23-17/h3-4,9,12,14,16,18H,5-8,10-11H2,1-2H3. The van der Waals surface area contributed by atoms with Crippen LogP contribution in [0.25, 0.3) is 0 Å². The van der Waals surface area contributed by atoms with Crippen LogP contribution >= 0.6 is 0 Å². The number of ether oxygens (including phenoxy) is 1. The Balaban J connectivity index is 1.62. The number of hydrogen-bond donors (Lipinski definition) is 1. The number of aryl methyl sites for hydroxylation is 2. The molecule has 0 radical (unpaired) electrons. The van der Waals surface area contributed by atoms with Gasteiger partial charge in [0.15, 0.2) is 5.82 Å². The summed E-state index contributed by atoms with van der Waals surface area (Å²) in [5.41, 5.74) is 0. The van der Waals surface area contributed by atoms with Crippen molar-refractivity contribution in [2.24, 2.45) is 5.92 Å². The van der Waals surface area contributed by atoms with Crippen LogP contribution in [0, 0.1) is 12.8 Å². The average Bonchev–Trinajstić information content (AvgIpc) is 3.23. The Hall–Kier alpha value is -1.66. The highest BCUT2D eigenvalue weighted by atomic mass is 16.5. The zero-order valence-electron chi connectivity index (χ0n) is 13.8. The Morgan fingerprint density at radius 1 is 1.35 bits per heavy atom. The first-order valence-electron chi connectivity index (χ1n) is 8.39. The molecule has 0 saturated carbocycles. The van der Waals surface area contributed by atoms with E-state index in [9.17, 15) is 0 Å². The molecule has 3 rings (SSSR count). The van der Waals surface area contributed by atoms with E-state index in [1.807, 2.05) is 19.1 Å². The van der Waals surface area contributed by atoms with E-state index in [1.165, 1.54) is 0 Å². The van der Waals surface area contributed by atoms with E-state index in [-0.39, 0.29) is 6.04 Å². The fourth-order valence-corrected chi connectivity index (χ4v) is 3.10. The van der Waals surface area contributed by atoms with Gasteiger partial charge in [0.05, 0.1) is 12.3 Å². The van der Waals surface area contributed by atoms with Crippen LogP contribution in [0.5, 0.6) is 0 Å². The predicted octanol–water partition coefficient (Wildman–Crippen LogP) is 3.05. The Morgan fingerprint density at radius 3 is 2.83 bits per heavy atom. The molecule has 1 aliphatic heterocycles. The van der Waals surface area contributed by atoms with E-state index in [0.717, 1.165) is 44.7 Å². The van der Waals surface area contributed by atoms with Crippen LogP contribution < -0.4 is 5.32 Å². The fourth-order valence-electron chi connectivity index (χ4n) is 3.10. The molecule has 0 bridgehead atoms. The quantitative estimate of drug-likeness (QED) is 0.845. The summed E-state index contributed by atoms with van der Waals surface area (Å²) in [6.45, 7) is 5.65. The Bertz CT molecular complexity index is 576. The zero-order valence-corrected chi connectivity index (χ0v) is 13.8. The van der Waals surface area contributed by atoms with Gasteiger partial charge in [0.25, 0.3) is 0 Å². The van der Waals surface area contributed by atoms with Crippen LogP contribution in [0.2, 0.25) is 0 Å². The Labute approximate surface area is 136 Å². The third kappa shape index (κ3) is 4.42. The molecule has 1 saturated heterocycles. The summed E-state index contributed by atoms with van der Waals surface area (Å²) in [5, 5.41) is 7.64. The third-order valence-corrected chi connectivity index (χ3v) is 4.41. The number of aromatic nitrogens is 2. The lowest BCUT2D eigenvalue weighted by molar-refractivity contribution is 0.0469. The largest absolute Gasteiger partial charge is 0.469 e. The van der Waals surface area contributed by atoms with E-state index >= 15 is 0 Å². The minimum Gasteiger partial charge on any atom is -0.469 e. The van der Waals surface area contributed by atoms with Crippen LogP contribution in [0.15, 0.2) is 27.3 Å². The van der Waals surface area contributed by atoms with Crippen LogP contribution in [-0.4, -0.2) is 29.4 Å². The van der Waals surface area contributed by atoms with Crippen molar-refractivity contribution < 1.29 is 13.7 Å². The number of rotatable bonds is 7. The molecule has 0 aliphatic carbocycles. The van der Waals surface area contributed by atoms with Gasteiger partial charge in [-0.25, -0.2) is 0 Å². The van der Waals surface area contributed by atoms with E-state index in [4.69, 9.17) is 13.7 Å². The van der Waals surface area contributed by atoms with Crippen LogP contribution in [0.3, 0.4) is 0 Å². The number of furan rings is 1. The maximum atomic E-state index is 5.49. The summed E-state index contributed by atoms with van der Waals surface area (Å²) >= 11 is 0. The highest BCUT2D eigenvalue weighted by Crippen LogP contribution is 2.30. The van der Waals surface area contributed by atoms with E-state index in [0.29, 0.717) is 23.7 Å². The monoisotopic (exact) mass is 319 g/mol. The van der Waals surface area contributed by atoms with Gasteiger partial charge in [-0.3, -0.25) is 0 Å². The minimum atomic E-state index is 0.0895. The summed E-state index contributed by atoms with van der Waals surface area (Å²) in [5.74, 6) is 2.87. The van der Waals surface area contributed by atoms with Crippen molar-refractivity contribution in [1.29, 1.82) is 0 Å². The molecule has 6 heteroatoms. The molecule has 1 fully saturated rings. The van der Waals surface area contributed by atoms with Crippen molar-refractivity contribution in [2.45, 2.75) is 51.6 Å². The van der Waals surface area contributed by atoms with E-state index < -0.39 is 0 Å². The molecule has 1 N–H and O–H groups in total. The van der Waals surface area contributed by atoms with Gasteiger partial charge in [-0.2, -0.15) is 4.98 Å². The summed E-state index contributed by atoms with van der Waals surface area (Å²) in [6, 6.07) is 4.37. The smallest absolute Gasteiger partial charge is 0.244 e. The lowest BCUT2D eigenvalue weighted by Gasteiger charge is -2.30. The normalized spacial score (nSPS) is 18.9. The summed E-state index contributed by atoms with van der Waals surface area (Å²) in [7, 11) is 0. The molecular formula is C17H25N3O3. The van der Waals surface area contributed by atoms with Gasteiger partial charge >= 0.3 is 0 Å². The second-order valence-corrected chi connectivity index (χ2v) is 6.29.